The molecule has 0 heterocycles. The van der Waals surface area contributed by atoms with Gasteiger partial charge < -0.3 is 9.84 Å². The number of unbranched alkanes of at least 4 members (excludes halogenated alkanes) is 1. The van der Waals surface area contributed by atoms with Gasteiger partial charge in [0.1, 0.15) is 0 Å². The Morgan fingerprint density at radius 2 is 2.05 bits per heavy atom. The van der Waals surface area contributed by atoms with Crippen molar-refractivity contribution in [1.29, 1.82) is 0 Å². The molecule has 1 rings (SSSR count). The topological polar surface area (TPSA) is 92.7 Å². The molecule has 0 spiro atoms. The van der Waals surface area contributed by atoms with Crippen molar-refractivity contribution in [2.75, 3.05) is 20.3 Å². The lowest BCUT2D eigenvalue weighted by Crippen LogP contribution is -2.26. The lowest BCUT2D eigenvalue weighted by atomic mass is 10.1. The number of methoxy groups -OCH3 is 1. The predicted molar refractivity (Wildman–Crippen MR) is 79.4 cm³/mol. The minimum Gasteiger partial charge on any atom is -0.478 e. The van der Waals surface area contributed by atoms with Crippen molar-refractivity contribution >= 4 is 27.6 Å². The van der Waals surface area contributed by atoms with Crippen LogP contribution in [0.1, 0.15) is 28.8 Å². The highest BCUT2D eigenvalue weighted by Gasteiger charge is 2.21. The minimum absolute atomic E-state index is 0.0674. The minimum atomic E-state index is -3.80. The first-order valence-corrected chi connectivity index (χ1v) is 8.17. The molecule has 0 aliphatic heterocycles. The zero-order valence-electron chi connectivity index (χ0n) is 11.8. The fourth-order valence-corrected chi connectivity index (χ4v) is 3.46. The fraction of sp³-hybridized carbons (Fsp3) is 0.462. The van der Waals surface area contributed by atoms with Crippen LogP contribution in [0.15, 0.2) is 17.0 Å². The Hall–Kier alpha value is -1.15. The van der Waals surface area contributed by atoms with Crippen LogP contribution < -0.4 is 4.72 Å². The van der Waals surface area contributed by atoms with Crippen molar-refractivity contribution < 1.29 is 23.1 Å². The van der Waals surface area contributed by atoms with E-state index in [1.807, 2.05) is 0 Å². The number of carboxylic acids is 1. The molecule has 6 nitrogen and oxygen atoms in total. The summed E-state index contributed by atoms with van der Waals surface area (Å²) in [5.74, 6) is -1.22. The van der Waals surface area contributed by atoms with Crippen LogP contribution in [0, 0.1) is 6.92 Å². The van der Waals surface area contributed by atoms with Crippen LogP contribution in [0.25, 0.3) is 0 Å². The molecular weight excluding hydrogens is 318 g/mol. The first-order valence-electron chi connectivity index (χ1n) is 6.31. The zero-order chi connectivity index (χ0) is 16.0. The van der Waals surface area contributed by atoms with Crippen molar-refractivity contribution in [2.45, 2.75) is 24.7 Å². The second kappa shape index (κ2) is 7.74. The van der Waals surface area contributed by atoms with Crippen molar-refractivity contribution in [2.24, 2.45) is 0 Å². The van der Waals surface area contributed by atoms with E-state index < -0.39 is 16.0 Å². The number of sulfonamides is 1. The Morgan fingerprint density at radius 3 is 2.62 bits per heavy atom. The molecule has 0 saturated heterocycles. The zero-order valence-corrected chi connectivity index (χ0v) is 13.4. The number of ether oxygens (including phenoxy) is 1. The van der Waals surface area contributed by atoms with E-state index in [1.165, 1.54) is 19.1 Å². The highest BCUT2D eigenvalue weighted by atomic mass is 35.5. The van der Waals surface area contributed by atoms with Gasteiger partial charge in [-0.05, 0) is 37.5 Å². The molecule has 0 bridgehead atoms. The van der Waals surface area contributed by atoms with Gasteiger partial charge in [0.2, 0.25) is 10.0 Å². The molecular formula is C13H18ClNO5S. The molecule has 0 fully saturated rings. The maximum atomic E-state index is 12.2. The molecule has 118 valence electrons. The van der Waals surface area contributed by atoms with Crippen molar-refractivity contribution in [1.82, 2.24) is 4.72 Å². The molecule has 0 unspecified atom stereocenters. The highest BCUT2D eigenvalue weighted by molar-refractivity contribution is 7.89. The van der Waals surface area contributed by atoms with Crippen molar-refractivity contribution in [3.05, 3.63) is 28.3 Å². The number of hydrogen-bond acceptors (Lipinski definition) is 4. The number of benzene rings is 1. The third kappa shape index (κ3) is 4.96. The van der Waals surface area contributed by atoms with E-state index in [-0.39, 0.29) is 27.6 Å². The van der Waals surface area contributed by atoms with E-state index in [4.69, 9.17) is 21.4 Å². The van der Waals surface area contributed by atoms with Gasteiger partial charge in [0.15, 0.2) is 0 Å². The highest BCUT2D eigenvalue weighted by Crippen LogP contribution is 2.24. The first-order chi connectivity index (χ1) is 9.79. The fourth-order valence-electron chi connectivity index (χ4n) is 1.81. The standard InChI is InChI=1S/C13H18ClNO5S/c1-9-11(13(16)17)7-10(14)8-12(9)21(18,19)15-5-3-4-6-20-2/h7-8,15H,3-6H2,1-2H3,(H,16,17). The summed E-state index contributed by atoms with van der Waals surface area (Å²) in [6, 6.07) is 2.48. The SMILES string of the molecule is COCCCCNS(=O)(=O)c1cc(Cl)cc(C(=O)O)c1C. The van der Waals surface area contributed by atoms with E-state index in [1.54, 1.807) is 7.11 Å². The van der Waals surface area contributed by atoms with E-state index >= 15 is 0 Å². The predicted octanol–water partition coefficient (Wildman–Crippen LogP) is 2.05. The molecule has 1 aromatic rings. The molecule has 0 aromatic heterocycles. The summed E-state index contributed by atoms with van der Waals surface area (Å²) in [6.45, 7) is 2.25. The van der Waals surface area contributed by atoms with Crippen molar-refractivity contribution in [3.63, 3.8) is 0 Å². The smallest absolute Gasteiger partial charge is 0.336 e. The van der Waals surface area contributed by atoms with Gasteiger partial charge in [-0.2, -0.15) is 0 Å². The van der Waals surface area contributed by atoms with Gasteiger partial charge in [-0.3, -0.25) is 0 Å². The van der Waals surface area contributed by atoms with Gasteiger partial charge >= 0.3 is 5.97 Å². The third-order valence-corrected chi connectivity index (χ3v) is 4.72. The third-order valence-electron chi connectivity index (χ3n) is 2.91. The van der Waals surface area contributed by atoms with Crippen LogP contribution in [0.5, 0.6) is 0 Å². The summed E-state index contributed by atoms with van der Waals surface area (Å²) in [6.07, 6.45) is 1.35. The summed E-state index contributed by atoms with van der Waals surface area (Å²) in [4.78, 5) is 11.0. The number of halogens is 1. The molecule has 0 amide bonds. The largest absolute Gasteiger partial charge is 0.478 e. The number of rotatable bonds is 8. The number of hydrogen-bond donors (Lipinski definition) is 2. The Bertz CT molecular complexity index is 615. The number of aromatic carboxylic acids is 1. The van der Waals surface area contributed by atoms with Gasteiger partial charge in [0, 0.05) is 25.3 Å². The molecule has 0 saturated carbocycles. The molecule has 0 atom stereocenters. The van der Waals surface area contributed by atoms with Crippen LogP contribution in [0.3, 0.4) is 0 Å². The van der Waals surface area contributed by atoms with Crippen LogP contribution >= 0.6 is 11.6 Å². The molecule has 8 heteroatoms. The lowest BCUT2D eigenvalue weighted by molar-refractivity contribution is 0.0696. The van der Waals surface area contributed by atoms with Gasteiger partial charge in [0.25, 0.3) is 0 Å². The van der Waals surface area contributed by atoms with E-state index in [9.17, 15) is 13.2 Å². The van der Waals surface area contributed by atoms with Crippen LogP contribution in [0.2, 0.25) is 5.02 Å². The number of carbonyl (C=O) groups is 1. The summed E-state index contributed by atoms with van der Waals surface area (Å²) in [5, 5.41) is 9.13. The Kier molecular flexibility index (Phi) is 6.60. The molecule has 2 N–H and O–H groups in total. The number of carboxylic acid groups (broad SMARTS) is 1. The number of nitrogens with one attached hydrogen (secondary N) is 1. The second-order valence-corrected chi connectivity index (χ2v) is 6.65. The Morgan fingerprint density at radius 1 is 1.38 bits per heavy atom. The lowest BCUT2D eigenvalue weighted by Gasteiger charge is -2.12. The molecule has 1 aromatic carbocycles. The maximum absolute atomic E-state index is 12.2. The Labute approximate surface area is 129 Å². The van der Waals surface area contributed by atoms with Gasteiger partial charge in [-0.25, -0.2) is 17.9 Å². The maximum Gasteiger partial charge on any atom is 0.336 e. The molecule has 0 aliphatic carbocycles. The average Bonchev–Trinajstić information content (AvgIpc) is 2.40. The average molecular weight is 336 g/mol. The second-order valence-electron chi connectivity index (χ2n) is 4.48. The molecule has 0 radical (unpaired) electrons. The summed E-state index contributed by atoms with van der Waals surface area (Å²) in [7, 11) is -2.22. The first kappa shape index (κ1) is 17.9. The van der Waals surface area contributed by atoms with E-state index in [0.717, 1.165) is 6.42 Å². The van der Waals surface area contributed by atoms with Crippen molar-refractivity contribution in [3.8, 4) is 0 Å². The van der Waals surface area contributed by atoms with Gasteiger partial charge in [-0.15, -0.1) is 0 Å². The quantitative estimate of drug-likeness (QED) is 0.709. The van der Waals surface area contributed by atoms with Crippen LogP contribution in [0.4, 0.5) is 0 Å². The summed E-state index contributed by atoms with van der Waals surface area (Å²) < 4.78 is 31.7. The van der Waals surface area contributed by atoms with E-state index in [2.05, 4.69) is 4.72 Å². The van der Waals surface area contributed by atoms with Crippen LogP contribution in [-0.2, 0) is 14.8 Å². The molecule has 0 aliphatic rings. The Balaban J connectivity index is 2.95. The van der Waals surface area contributed by atoms with E-state index in [0.29, 0.717) is 13.0 Å². The normalized spacial score (nSPS) is 11.6. The van der Waals surface area contributed by atoms with Crippen LogP contribution in [-0.4, -0.2) is 39.8 Å². The van der Waals surface area contributed by atoms with Gasteiger partial charge in [0.05, 0.1) is 10.5 Å². The monoisotopic (exact) mass is 335 g/mol. The van der Waals surface area contributed by atoms with Gasteiger partial charge in [-0.1, -0.05) is 11.6 Å². The molecule has 21 heavy (non-hydrogen) atoms. The summed E-state index contributed by atoms with van der Waals surface area (Å²) in [5.41, 5.74) is 0.0403. The summed E-state index contributed by atoms with van der Waals surface area (Å²) >= 11 is 5.80.